The van der Waals surface area contributed by atoms with Gasteiger partial charge in [0.1, 0.15) is 5.01 Å². The number of hydrogen-bond acceptors (Lipinski definition) is 10. The summed E-state index contributed by atoms with van der Waals surface area (Å²) in [5.74, 6) is 0.724. The van der Waals surface area contributed by atoms with E-state index in [1.165, 1.54) is 6.39 Å². The lowest BCUT2D eigenvalue weighted by Crippen LogP contribution is -2.35. The molecule has 1 amide bonds. The van der Waals surface area contributed by atoms with E-state index in [2.05, 4.69) is 25.4 Å². The molecule has 3 aromatic heterocycles. The van der Waals surface area contributed by atoms with Gasteiger partial charge in [0, 0.05) is 34.3 Å². The van der Waals surface area contributed by atoms with E-state index in [0.29, 0.717) is 35.5 Å². The van der Waals surface area contributed by atoms with Crippen molar-refractivity contribution in [2.45, 2.75) is 44.7 Å². The van der Waals surface area contributed by atoms with Gasteiger partial charge in [-0.3, -0.25) is 4.79 Å². The van der Waals surface area contributed by atoms with Crippen LogP contribution in [0.5, 0.6) is 0 Å². The number of likely N-dealkylation sites (tertiary alicyclic amines) is 1. The van der Waals surface area contributed by atoms with Gasteiger partial charge in [-0.1, -0.05) is 30.3 Å². The van der Waals surface area contributed by atoms with E-state index in [0.717, 1.165) is 29.1 Å². The van der Waals surface area contributed by atoms with Gasteiger partial charge < -0.3 is 19.5 Å². The van der Waals surface area contributed by atoms with Gasteiger partial charge in [-0.15, -0.1) is 31.7 Å². The van der Waals surface area contributed by atoms with Crippen molar-refractivity contribution in [3.05, 3.63) is 88.0 Å². The number of carbonyl (C=O) groups is 1. The Balaban J connectivity index is 1.35. The van der Waals surface area contributed by atoms with E-state index in [1.807, 2.05) is 54.5 Å². The Morgan fingerprint density at radius 3 is 2.64 bits per heavy atom. The molecular weight excluding hydrogens is 514 g/mol. The quantitative estimate of drug-likeness (QED) is 0.303. The molecule has 2 N–H and O–H groups in total. The van der Waals surface area contributed by atoms with E-state index in [-0.39, 0.29) is 23.7 Å². The second kappa shape index (κ2) is 10.2. The summed E-state index contributed by atoms with van der Waals surface area (Å²) < 4.78 is 11.5. The van der Waals surface area contributed by atoms with Crippen molar-refractivity contribution >= 4 is 17.2 Å². The molecule has 1 aliphatic heterocycles. The lowest BCUT2D eigenvalue weighted by molar-refractivity contribution is 0.0735. The van der Waals surface area contributed by atoms with Crippen LogP contribution in [0, 0.1) is 6.92 Å². The van der Waals surface area contributed by atoms with Crippen LogP contribution in [0.25, 0.3) is 22.9 Å². The summed E-state index contributed by atoms with van der Waals surface area (Å²) in [6.07, 6.45) is 3.56. The zero-order valence-electron chi connectivity index (χ0n) is 21.6. The third-order valence-corrected chi connectivity index (χ3v) is 7.86. The second-order valence-electron chi connectivity index (χ2n) is 10.0. The smallest absolute Gasteiger partial charge is 0.254 e. The number of nitrogens with two attached hydrogens (primary N) is 1. The molecule has 0 radical (unpaired) electrons. The topological polar surface area (TPSA) is 137 Å². The third-order valence-electron chi connectivity index (χ3n) is 6.80. The summed E-state index contributed by atoms with van der Waals surface area (Å²) in [4.78, 5) is 20.4. The Kier molecular flexibility index (Phi) is 6.53. The van der Waals surface area contributed by atoms with Gasteiger partial charge in [-0.05, 0) is 56.9 Å². The fourth-order valence-electron chi connectivity index (χ4n) is 4.92. The molecule has 1 saturated heterocycles. The van der Waals surface area contributed by atoms with E-state index in [4.69, 9.17) is 14.6 Å². The number of rotatable bonds is 7. The number of hydrogen-bond donors (Lipinski definition) is 1. The number of aryl methyl sites for hydroxylation is 1. The normalized spacial score (nSPS) is 16.9. The van der Waals surface area contributed by atoms with Gasteiger partial charge in [0.15, 0.2) is 0 Å². The average Bonchev–Trinajstić information content (AvgIpc) is 3.74. The molecule has 39 heavy (non-hydrogen) atoms. The monoisotopic (exact) mass is 541 g/mol. The highest BCUT2D eigenvalue weighted by Crippen LogP contribution is 2.36. The molecule has 5 aromatic rings. The number of thiazole rings is 1. The number of carbonyl (C=O) groups excluding carboxylic acids is 1. The summed E-state index contributed by atoms with van der Waals surface area (Å²) in [6.45, 7) is 4.47. The molecular formula is C28H27N7O3S. The van der Waals surface area contributed by atoms with E-state index in [1.54, 1.807) is 29.5 Å². The van der Waals surface area contributed by atoms with Gasteiger partial charge in [-0.25, -0.2) is 4.98 Å². The zero-order chi connectivity index (χ0) is 27.0. The van der Waals surface area contributed by atoms with Crippen LogP contribution in [0.3, 0.4) is 0 Å². The number of nitrogens with zero attached hydrogens (tertiary/aromatic N) is 6. The fraction of sp³-hybridized carbons (Fsp3) is 0.286. The van der Waals surface area contributed by atoms with E-state index >= 15 is 0 Å². The molecule has 0 aliphatic carbocycles. The number of amides is 1. The molecule has 11 heteroatoms. The molecule has 0 unspecified atom stereocenters. The largest absolute Gasteiger partial charge is 0.423 e. The van der Waals surface area contributed by atoms with E-state index < -0.39 is 5.54 Å². The first-order valence-electron chi connectivity index (χ1n) is 12.7. The average molecular weight is 542 g/mol. The van der Waals surface area contributed by atoms with Crippen molar-refractivity contribution in [3.63, 3.8) is 0 Å². The van der Waals surface area contributed by atoms with Crippen LogP contribution in [-0.2, 0) is 12.0 Å². The van der Waals surface area contributed by atoms with Crippen molar-refractivity contribution in [1.29, 1.82) is 0 Å². The van der Waals surface area contributed by atoms with Crippen LogP contribution in [-0.4, -0.2) is 42.7 Å². The van der Waals surface area contributed by atoms with Gasteiger partial charge >= 0.3 is 0 Å². The molecule has 6 rings (SSSR count). The van der Waals surface area contributed by atoms with E-state index in [9.17, 15) is 4.79 Å². The molecule has 0 saturated carbocycles. The summed E-state index contributed by atoms with van der Waals surface area (Å²) >= 11 is 1.59. The van der Waals surface area contributed by atoms with Crippen molar-refractivity contribution in [1.82, 2.24) is 30.3 Å². The van der Waals surface area contributed by atoms with Gasteiger partial charge in [0.2, 0.25) is 24.1 Å². The van der Waals surface area contributed by atoms with Crippen LogP contribution in [0.2, 0.25) is 0 Å². The molecule has 1 fully saturated rings. The van der Waals surface area contributed by atoms with Crippen molar-refractivity contribution < 1.29 is 13.6 Å². The maximum absolute atomic E-state index is 13.9. The summed E-state index contributed by atoms with van der Waals surface area (Å²) in [5.41, 5.74) is 9.34. The first-order valence-corrected chi connectivity index (χ1v) is 13.6. The highest BCUT2D eigenvalue weighted by atomic mass is 32.1. The number of benzene rings is 2. The Morgan fingerprint density at radius 2 is 1.92 bits per heavy atom. The SMILES string of the molecule is Cc1csc([C@H]2CCCN2C(=O)c2cc(-c3nnco3)cc(-c3nnc([C@@](C)(N)Cc4ccccc4)o3)c2)n1. The van der Waals surface area contributed by atoms with Crippen LogP contribution >= 0.6 is 11.3 Å². The molecule has 4 heterocycles. The molecule has 10 nitrogen and oxygen atoms in total. The van der Waals surface area contributed by atoms with Crippen molar-refractivity contribution in [3.8, 4) is 22.9 Å². The minimum atomic E-state index is -0.885. The Hall–Kier alpha value is -4.22. The zero-order valence-corrected chi connectivity index (χ0v) is 22.4. The summed E-state index contributed by atoms with van der Waals surface area (Å²) in [6, 6.07) is 15.1. The van der Waals surface area contributed by atoms with Gasteiger partial charge in [0.05, 0.1) is 11.6 Å². The maximum Gasteiger partial charge on any atom is 0.254 e. The standard InChI is InChI=1S/C28H27N7O3S/c1-17-15-39-25(31-17)22-9-6-10-35(22)26(36)21-12-19(23-32-30-16-37-23)11-20(13-21)24-33-34-27(38-24)28(2,29)14-18-7-4-3-5-8-18/h3-5,7-8,11-13,15-16,22H,6,9-10,14,29H2,1-2H3/t22-,28+/m1/s1. The molecule has 1 aliphatic rings. The predicted molar refractivity (Wildman–Crippen MR) is 145 cm³/mol. The first kappa shape index (κ1) is 25.1. The lowest BCUT2D eigenvalue weighted by Gasteiger charge is -2.23. The van der Waals surface area contributed by atoms with Crippen LogP contribution in [0.15, 0.2) is 69.1 Å². The maximum atomic E-state index is 13.9. The number of aromatic nitrogens is 5. The lowest BCUT2D eigenvalue weighted by atomic mass is 9.94. The highest BCUT2D eigenvalue weighted by molar-refractivity contribution is 7.09. The highest BCUT2D eigenvalue weighted by Gasteiger charge is 2.34. The summed E-state index contributed by atoms with van der Waals surface area (Å²) in [7, 11) is 0. The molecule has 2 atom stereocenters. The molecule has 2 aromatic carbocycles. The third kappa shape index (κ3) is 5.10. The predicted octanol–water partition coefficient (Wildman–Crippen LogP) is 4.95. The summed E-state index contributed by atoms with van der Waals surface area (Å²) in [5, 5.41) is 19.4. The first-order chi connectivity index (χ1) is 18.9. The van der Waals surface area contributed by atoms with Crippen LogP contribution in [0.1, 0.15) is 58.3 Å². The Labute approximate surface area is 228 Å². The van der Waals surface area contributed by atoms with Crippen molar-refractivity contribution in [2.75, 3.05) is 6.54 Å². The fourth-order valence-corrected chi connectivity index (χ4v) is 5.86. The molecule has 0 bridgehead atoms. The van der Waals surface area contributed by atoms with Crippen LogP contribution in [0.4, 0.5) is 0 Å². The minimum absolute atomic E-state index is 0.0577. The second-order valence-corrected chi connectivity index (χ2v) is 10.9. The van der Waals surface area contributed by atoms with Gasteiger partial charge in [0.25, 0.3) is 5.91 Å². The minimum Gasteiger partial charge on any atom is -0.423 e. The molecule has 198 valence electrons. The Morgan fingerprint density at radius 1 is 1.13 bits per heavy atom. The Bertz CT molecular complexity index is 1590. The van der Waals surface area contributed by atoms with Crippen molar-refractivity contribution in [2.24, 2.45) is 5.73 Å². The molecule has 0 spiro atoms. The van der Waals surface area contributed by atoms with Gasteiger partial charge in [-0.2, -0.15) is 0 Å². The van der Waals surface area contributed by atoms with Crippen LogP contribution < -0.4 is 5.73 Å².